The maximum Gasteiger partial charge on any atom is 0.123 e. The van der Waals surface area contributed by atoms with Gasteiger partial charge in [-0.25, -0.2) is 4.39 Å². The Kier molecular flexibility index (Phi) is 2.56. The molecular weight excluding hydrogens is 203 g/mol. The minimum atomic E-state index is -0.120. The Morgan fingerprint density at radius 3 is 3.00 bits per heavy atom. The Morgan fingerprint density at radius 1 is 1.38 bits per heavy atom. The summed E-state index contributed by atoms with van der Waals surface area (Å²) in [6.45, 7) is 4.66. The zero-order chi connectivity index (χ0) is 11.0. The first kappa shape index (κ1) is 10.1. The summed E-state index contributed by atoms with van der Waals surface area (Å²) < 4.78 is 13.1. The van der Waals surface area contributed by atoms with Gasteiger partial charge in [-0.05, 0) is 55.6 Å². The van der Waals surface area contributed by atoms with Gasteiger partial charge in [-0.2, -0.15) is 0 Å². The number of hydrogen-bond donors (Lipinski definition) is 1. The lowest BCUT2D eigenvalue weighted by Gasteiger charge is -2.36. The van der Waals surface area contributed by atoms with E-state index < -0.39 is 0 Å². The number of nitrogens with zero attached hydrogens (tertiary/aromatic N) is 1. The summed E-state index contributed by atoms with van der Waals surface area (Å²) in [7, 11) is 0. The fraction of sp³-hybridized carbons (Fsp3) is 0.538. The van der Waals surface area contributed by atoms with E-state index in [4.69, 9.17) is 0 Å². The van der Waals surface area contributed by atoms with Gasteiger partial charge in [0.25, 0.3) is 0 Å². The van der Waals surface area contributed by atoms with Crippen LogP contribution in [0.25, 0.3) is 0 Å². The maximum atomic E-state index is 13.1. The van der Waals surface area contributed by atoms with E-state index in [1.54, 1.807) is 6.07 Å². The molecule has 3 rings (SSSR count). The molecule has 1 N–H and O–H groups in total. The number of halogens is 1. The molecule has 1 atom stereocenters. The molecule has 0 amide bonds. The molecule has 86 valence electrons. The topological polar surface area (TPSA) is 15.3 Å². The van der Waals surface area contributed by atoms with E-state index in [0.717, 1.165) is 30.8 Å². The lowest BCUT2D eigenvalue weighted by Crippen LogP contribution is -2.43. The van der Waals surface area contributed by atoms with Crippen LogP contribution in [0, 0.1) is 11.7 Å². The van der Waals surface area contributed by atoms with Gasteiger partial charge in [0.2, 0.25) is 0 Å². The first-order valence-corrected chi connectivity index (χ1v) is 6.06. The molecule has 1 aromatic rings. The third-order valence-corrected chi connectivity index (χ3v) is 3.62. The van der Waals surface area contributed by atoms with Crippen LogP contribution in [0.3, 0.4) is 0 Å². The van der Waals surface area contributed by atoms with Crippen LogP contribution in [-0.4, -0.2) is 31.1 Å². The standard InChI is InChI=1S/C13H17FN2/c14-12-2-3-13-11(7-12)6-10(8-15-13)9-16-4-1-5-16/h2-3,7,10,15H,1,4-6,8-9H2. The molecular formula is C13H17FN2. The number of benzene rings is 1. The van der Waals surface area contributed by atoms with Crippen LogP contribution in [-0.2, 0) is 6.42 Å². The highest BCUT2D eigenvalue weighted by atomic mass is 19.1. The summed E-state index contributed by atoms with van der Waals surface area (Å²) in [4.78, 5) is 2.48. The minimum absolute atomic E-state index is 0.120. The first-order valence-electron chi connectivity index (χ1n) is 6.06. The Labute approximate surface area is 95.4 Å². The molecule has 2 nitrogen and oxygen atoms in total. The smallest absolute Gasteiger partial charge is 0.123 e. The quantitative estimate of drug-likeness (QED) is 0.821. The average molecular weight is 220 g/mol. The minimum Gasteiger partial charge on any atom is -0.384 e. The van der Waals surface area contributed by atoms with Crippen molar-refractivity contribution in [3.8, 4) is 0 Å². The van der Waals surface area contributed by atoms with Gasteiger partial charge in [0, 0.05) is 18.8 Å². The van der Waals surface area contributed by atoms with Gasteiger partial charge < -0.3 is 10.2 Å². The predicted molar refractivity (Wildman–Crippen MR) is 63.1 cm³/mol. The van der Waals surface area contributed by atoms with Crippen LogP contribution in [0.1, 0.15) is 12.0 Å². The van der Waals surface area contributed by atoms with Crippen molar-refractivity contribution < 1.29 is 4.39 Å². The van der Waals surface area contributed by atoms with Crippen molar-refractivity contribution in [2.45, 2.75) is 12.8 Å². The van der Waals surface area contributed by atoms with Crippen molar-refractivity contribution in [1.82, 2.24) is 4.90 Å². The number of rotatable bonds is 2. The SMILES string of the molecule is Fc1ccc2c(c1)CC(CN1CCC1)CN2. The zero-order valence-electron chi connectivity index (χ0n) is 9.38. The number of likely N-dealkylation sites (tertiary alicyclic amines) is 1. The zero-order valence-corrected chi connectivity index (χ0v) is 9.38. The molecule has 2 heterocycles. The van der Waals surface area contributed by atoms with Crippen molar-refractivity contribution in [3.05, 3.63) is 29.6 Å². The third-order valence-electron chi connectivity index (χ3n) is 3.62. The first-order chi connectivity index (χ1) is 7.81. The number of hydrogen-bond acceptors (Lipinski definition) is 2. The molecule has 2 aliphatic rings. The Balaban J connectivity index is 1.69. The molecule has 1 saturated heterocycles. The molecule has 0 saturated carbocycles. The molecule has 1 unspecified atom stereocenters. The summed E-state index contributed by atoms with van der Waals surface area (Å²) in [5.41, 5.74) is 2.25. The lowest BCUT2D eigenvalue weighted by atomic mass is 9.92. The highest BCUT2D eigenvalue weighted by Crippen LogP contribution is 2.26. The van der Waals surface area contributed by atoms with Crippen LogP contribution in [0.2, 0.25) is 0 Å². The Morgan fingerprint density at radius 2 is 2.25 bits per heavy atom. The van der Waals surface area contributed by atoms with E-state index >= 15 is 0 Å². The van der Waals surface area contributed by atoms with E-state index in [9.17, 15) is 4.39 Å². The highest BCUT2D eigenvalue weighted by Gasteiger charge is 2.23. The molecule has 0 spiro atoms. The fourth-order valence-corrected chi connectivity index (χ4v) is 2.60. The van der Waals surface area contributed by atoms with Gasteiger partial charge in [-0.3, -0.25) is 0 Å². The van der Waals surface area contributed by atoms with Crippen molar-refractivity contribution in [3.63, 3.8) is 0 Å². The molecule has 1 fully saturated rings. The van der Waals surface area contributed by atoms with Gasteiger partial charge in [0.1, 0.15) is 5.82 Å². The molecule has 0 bridgehead atoms. The molecule has 0 aromatic heterocycles. The van der Waals surface area contributed by atoms with Crippen molar-refractivity contribution >= 4 is 5.69 Å². The normalized spacial score (nSPS) is 24.4. The fourth-order valence-electron chi connectivity index (χ4n) is 2.60. The van der Waals surface area contributed by atoms with E-state index in [1.807, 2.05) is 6.07 Å². The van der Waals surface area contributed by atoms with Crippen LogP contribution in [0.15, 0.2) is 18.2 Å². The Bertz CT molecular complexity index is 388. The van der Waals surface area contributed by atoms with Gasteiger partial charge in [-0.1, -0.05) is 0 Å². The van der Waals surface area contributed by atoms with Crippen LogP contribution < -0.4 is 5.32 Å². The monoisotopic (exact) mass is 220 g/mol. The average Bonchev–Trinajstić information content (AvgIpc) is 2.23. The van der Waals surface area contributed by atoms with Crippen molar-refractivity contribution in [1.29, 1.82) is 0 Å². The lowest BCUT2D eigenvalue weighted by molar-refractivity contribution is 0.153. The summed E-state index contributed by atoms with van der Waals surface area (Å²) in [6.07, 6.45) is 2.35. The van der Waals surface area contributed by atoms with Gasteiger partial charge >= 0.3 is 0 Å². The van der Waals surface area contributed by atoms with Crippen LogP contribution in [0.5, 0.6) is 0 Å². The largest absolute Gasteiger partial charge is 0.384 e. The number of nitrogens with one attached hydrogen (secondary N) is 1. The summed E-state index contributed by atoms with van der Waals surface area (Å²) in [5, 5.41) is 3.40. The highest BCUT2D eigenvalue weighted by molar-refractivity contribution is 5.53. The van der Waals surface area contributed by atoms with Crippen molar-refractivity contribution in [2.75, 3.05) is 31.5 Å². The second-order valence-corrected chi connectivity index (χ2v) is 4.91. The predicted octanol–water partition coefficient (Wildman–Crippen LogP) is 2.12. The van der Waals surface area contributed by atoms with Gasteiger partial charge in [0.15, 0.2) is 0 Å². The molecule has 0 aliphatic carbocycles. The maximum absolute atomic E-state index is 13.1. The number of anilines is 1. The van der Waals surface area contributed by atoms with E-state index in [2.05, 4.69) is 10.2 Å². The molecule has 2 aliphatic heterocycles. The molecule has 16 heavy (non-hydrogen) atoms. The number of fused-ring (bicyclic) bond motifs is 1. The Hall–Kier alpha value is -1.09. The summed E-state index contributed by atoms with van der Waals surface area (Å²) in [6, 6.07) is 5.05. The van der Waals surface area contributed by atoms with Crippen molar-refractivity contribution in [2.24, 2.45) is 5.92 Å². The summed E-state index contributed by atoms with van der Waals surface area (Å²) in [5.74, 6) is 0.514. The molecule has 0 radical (unpaired) electrons. The van der Waals surface area contributed by atoms with E-state index in [0.29, 0.717) is 5.92 Å². The second-order valence-electron chi connectivity index (χ2n) is 4.91. The third kappa shape index (κ3) is 1.92. The summed E-state index contributed by atoms with van der Waals surface area (Å²) >= 11 is 0. The molecule has 1 aromatic carbocycles. The van der Waals surface area contributed by atoms with Gasteiger partial charge in [0.05, 0.1) is 0 Å². The van der Waals surface area contributed by atoms with Crippen LogP contribution in [0.4, 0.5) is 10.1 Å². The van der Waals surface area contributed by atoms with Gasteiger partial charge in [-0.15, -0.1) is 0 Å². The van der Waals surface area contributed by atoms with E-state index in [-0.39, 0.29) is 5.82 Å². The second kappa shape index (κ2) is 4.06. The molecule has 3 heteroatoms. The van der Waals surface area contributed by atoms with E-state index in [1.165, 1.54) is 25.6 Å². The van der Waals surface area contributed by atoms with Crippen LogP contribution >= 0.6 is 0 Å².